The number of hydrogen-bond acceptors (Lipinski definition) is 1. The lowest BCUT2D eigenvalue weighted by Crippen LogP contribution is -2.00. The molecular formula is C14H13Cl2N. The number of anilines is 1. The van der Waals surface area contributed by atoms with Crippen LogP contribution in [0.5, 0.6) is 0 Å². The SMILES string of the molecule is Cc1cccc(NCc2ccc(Cl)cc2Cl)c1. The van der Waals surface area contributed by atoms with E-state index >= 15 is 0 Å². The summed E-state index contributed by atoms with van der Waals surface area (Å²) in [5.74, 6) is 0. The van der Waals surface area contributed by atoms with Gasteiger partial charge in [-0.25, -0.2) is 0 Å². The van der Waals surface area contributed by atoms with Crippen molar-refractivity contribution in [1.29, 1.82) is 0 Å². The maximum Gasteiger partial charge on any atom is 0.0470 e. The molecule has 1 nitrogen and oxygen atoms in total. The molecule has 0 aliphatic rings. The second-order valence-corrected chi connectivity index (χ2v) is 4.80. The minimum Gasteiger partial charge on any atom is -0.381 e. The lowest BCUT2D eigenvalue weighted by molar-refractivity contribution is 1.15. The molecule has 0 atom stereocenters. The fraction of sp³-hybridized carbons (Fsp3) is 0.143. The topological polar surface area (TPSA) is 12.0 Å². The first-order chi connectivity index (χ1) is 8.15. The molecule has 0 saturated heterocycles. The molecule has 3 heteroatoms. The van der Waals surface area contributed by atoms with E-state index in [1.807, 2.05) is 24.3 Å². The van der Waals surface area contributed by atoms with Gasteiger partial charge in [0, 0.05) is 22.3 Å². The smallest absolute Gasteiger partial charge is 0.0470 e. The summed E-state index contributed by atoms with van der Waals surface area (Å²) in [5, 5.41) is 4.69. The fourth-order valence-electron chi connectivity index (χ4n) is 1.62. The average molecular weight is 266 g/mol. The van der Waals surface area contributed by atoms with Crippen molar-refractivity contribution >= 4 is 28.9 Å². The van der Waals surface area contributed by atoms with Crippen LogP contribution >= 0.6 is 23.2 Å². The van der Waals surface area contributed by atoms with Crippen LogP contribution in [0, 0.1) is 6.92 Å². The predicted molar refractivity (Wildman–Crippen MR) is 75.0 cm³/mol. The summed E-state index contributed by atoms with van der Waals surface area (Å²) in [6, 6.07) is 13.8. The molecule has 0 fully saturated rings. The van der Waals surface area contributed by atoms with Crippen molar-refractivity contribution in [3.63, 3.8) is 0 Å². The highest BCUT2D eigenvalue weighted by Crippen LogP contribution is 2.22. The zero-order valence-electron chi connectivity index (χ0n) is 9.50. The van der Waals surface area contributed by atoms with Crippen molar-refractivity contribution in [1.82, 2.24) is 0 Å². The third-order valence-electron chi connectivity index (χ3n) is 2.52. The number of hydrogen-bond donors (Lipinski definition) is 1. The number of rotatable bonds is 3. The second kappa shape index (κ2) is 5.44. The van der Waals surface area contributed by atoms with E-state index in [1.54, 1.807) is 6.07 Å². The first kappa shape index (κ1) is 12.3. The Bertz CT molecular complexity index is 523. The zero-order valence-corrected chi connectivity index (χ0v) is 11.0. The van der Waals surface area contributed by atoms with Crippen LogP contribution in [0.4, 0.5) is 5.69 Å². The van der Waals surface area contributed by atoms with Crippen LogP contribution < -0.4 is 5.32 Å². The van der Waals surface area contributed by atoms with E-state index in [2.05, 4.69) is 24.4 Å². The summed E-state index contributed by atoms with van der Waals surface area (Å²) in [5.41, 5.74) is 3.37. The molecule has 0 aromatic heterocycles. The molecule has 0 amide bonds. The molecule has 88 valence electrons. The van der Waals surface area contributed by atoms with Crippen LogP contribution in [0.3, 0.4) is 0 Å². The fourth-order valence-corrected chi connectivity index (χ4v) is 2.09. The lowest BCUT2D eigenvalue weighted by Gasteiger charge is -2.09. The monoisotopic (exact) mass is 265 g/mol. The number of halogens is 2. The summed E-state index contributed by atoms with van der Waals surface area (Å²) in [6.07, 6.45) is 0. The third kappa shape index (κ3) is 3.39. The molecule has 1 N–H and O–H groups in total. The van der Waals surface area contributed by atoms with E-state index in [1.165, 1.54) is 5.56 Å². The maximum absolute atomic E-state index is 6.10. The molecule has 0 radical (unpaired) electrons. The van der Waals surface area contributed by atoms with Gasteiger partial charge in [-0.1, -0.05) is 41.4 Å². The Balaban J connectivity index is 2.07. The molecule has 2 aromatic carbocycles. The van der Waals surface area contributed by atoms with Gasteiger partial charge in [0.2, 0.25) is 0 Å². The summed E-state index contributed by atoms with van der Waals surface area (Å²) in [6.45, 7) is 2.76. The Morgan fingerprint density at radius 1 is 1.06 bits per heavy atom. The normalized spacial score (nSPS) is 10.3. The molecule has 0 aliphatic heterocycles. The van der Waals surface area contributed by atoms with Crippen LogP contribution in [0.25, 0.3) is 0 Å². The van der Waals surface area contributed by atoms with E-state index in [0.717, 1.165) is 11.3 Å². The second-order valence-electron chi connectivity index (χ2n) is 3.96. The van der Waals surface area contributed by atoms with Gasteiger partial charge in [0.15, 0.2) is 0 Å². The van der Waals surface area contributed by atoms with Crippen LogP contribution in [0.2, 0.25) is 10.0 Å². The molecule has 0 unspecified atom stereocenters. The first-order valence-corrected chi connectivity index (χ1v) is 6.15. The highest BCUT2D eigenvalue weighted by atomic mass is 35.5. The summed E-state index contributed by atoms with van der Waals surface area (Å²) in [7, 11) is 0. The van der Waals surface area contributed by atoms with Gasteiger partial charge in [-0.2, -0.15) is 0 Å². The van der Waals surface area contributed by atoms with E-state index < -0.39 is 0 Å². The highest BCUT2D eigenvalue weighted by molar-refractivity contribution is 6.35. The van der Waals surface area contributed by atoms with Crippen molar-refractivity contribution in [3.05, 3.63) is 63.6 Å². The first-order valence-electron chi connectivity index (χ1n) is 5.39. The number of aryl methyl sites for hydroxylation is 1. The standard InChI is InChI=1S/C14H13Cl2N/c1-10-3-2-4-13(7-10)17-9-11-5-6-12(15)8-14(11)16/h2-8,17H,9H2,1H3. The predicted octanol–water partition coefficient (Wildman–Crippen LogP) is 4.91. The Labute approximate surface area is 111 Å². The van der Waals surface area contributed by atoms with E-state index in [-0.39, 0.29) is 0 Å². The summed E-state index contributed by atoms with van der Waals surface area (Å²) in [4.78, 5) is 0. The molecule has 0 spiro atoms. The summed E-state index contributed by atoms with van der Waals surface area (Å²) >= 11 is 12.0. The molecule has 2 rings (SSSR count). The average Bonchev–Trinajstić information content (AvgIpc) is 2.28. The third-order valence-corrected chi connectivity index (χ3v) is 3.10. The Morgan fingerprint density at radius 2 is 1.88 bits per heavy atom. The molecule has 17 heavy (non-hydrogen) atoms. The van der Waals surface area contributed by atoms with Gasteiger partial charge in [0.25, 0.3) is 0 Å². The minimum absolute atomic E-state index is 0.661. The van der Waals surface area contributed by atoms with Crippen LogP contribution in [-0.2, 0) is 6.54 Å². The van der Waals surface area contributed by atoms with E-state index in [0.29, 0.717) is 16.6 Å². The quantitative estimate of drug-likeness (QED) is 0.831. The zero-order chi connectivity index (χ0) is 12.3. The van der Waals surface area contributed by atoms with E-state index in [9.17, 15) is 0 Å². The van der Waals surface area contributed by atoms with Gasteiger partial charge < -0.3 is 5.32 Å². The molecule has 0 bridgehead atoms. The maximum atomic E-state index is 6.10. The minimum atomic E-state index is 0.661. The Morgan fingerprint density at radius 3 is 2.59 bits per heavy atom. The van der Waals surface area contributed by atoms with Crippen molar-refractivity contribution in [2.24, 2.45) is 0 Å². The summed E-state index contributed by atoms with van der Waals surface area (Å²) < 4.78 is 0. The Hall–Kier alpha value is -1.18. The van der Waals surface area contributed by atoms with Gasteiger partial charge in [0.05, 0.1) is 0 Å². The molecule has 2 aromatic rings. The lowest BCUT2D eigenvalue weighted by atomic mass is 10.2. The largest absolute Gasteiger partial charge is 0.381 e. The Kier molecular flexibility index (Phi) is 3.93. The molecule has 0 aliphatic carbocycles. The van der Waals surface area contributed by atoms with Crippen molar-refractivity contribution in [2.45, 2.75) is 13.5 Å². The van der Waals surface area contributed by atoms with Crippen molar-refractivity contribution < 1.29 is 0 Å². The highest BCUT2D eigenvalue weighted by Gasteiger charge is 2.01. The number of nitrogens with one attached hydrogen (secondary N) is 1. The van der Waals surface area contributed by atoms with Gasteiger partial charge >= 0.3 is 0 Å². The molecular weight excluding hydrogens is 253 g/mol. The van der Waals surface area contributed by atoms with Crippen molar-refractivity contribution in [2.75, 3.05) is 5.32 Å². The van der Waals surface area contributed by atoms with Crippen molar-refractivity contribution in [3.8, 4) is 0 Å². The molecule has 0 heterocycles. The number of benzene rings is 2. The van der Waals surface area contributed by atoms with Crippen LogP contribution in [-0.4, -0.2) is 0 Å². The van der Waals surface area contributed by atoms with Gasteiger partial charge in [-0.15, -0.1) is 0 Å². The van der Waals surface area contributed by atoms with Gasteiger partial charge in [0.1, 0.15) is 0 Å². The van der Waals surface area contributed by atoms with Crippen LogP contribution in [0.15, 0.2) is 42.5 Å². The van der Waals surface area contributed by atoms with E-state index in [4.69, 9.17) is 23.2 Å². The van der Waals surface area contributed by atoms with Gasteiger partial charge in [-0.3, -0.25) is 0 Å². The molecule has 0 saturated carbocycles. The van der Waals surface area contributed by atoms with Gasteiger partial charge in [-0.05, 0) is 42.3 Å². The van der Waals surface area contributed by atoms with Crippen LogP contribution in [0.1, 0.15) is 11.1 Å².